The molecule has 1 aliphatic rings. The molecule has 6 rings (SSSR count). The molecular formula is C35H26O2. The Labute approximate surface area is 217 Å². The quantitative estimate of drug-likeness (QED) is 0.142. The molecule has 0 fully saturated rings. The number of esters is 1. The second kappa shape index (κ2) is 9.07. The number of carbonyl (C=O) groups excluding carboxylic acids is 1. The van der Waals surface area contributed by atoms with E-state index in [1.807, 2.05) is 36.4 Å². The highest BCUT2D eigenvalue weighted by Crippen LogP contribution is 2.56. The van der Waals surface area contributed by atoms with Crippen LogP contribution in [-0.2, 0) is 10.2 Å². The Morgan fingerprint density at radius 1 is 0.622 bits per heavy atom. The third-order valence-electron chi connectivity index (χ3n) is 7.21. The lowest BCUT2D eigenvalue weighted by Gasteiger charge is -2.34. The first-order chi connectivity index (χ1) is 18.1. The van der Waals surface area contributed by atoms with E-state index < -0.39 is 11.4 Å². The van der Waals surface area contributed by atoms with Gasteiger partial charge < -0.3 is 4.74 Å². The summed E-state index contributed by atoms with van der Waals surface area (Å²) in [6, 6.07) is 44.3. The fraction of sp³-hybridized carbons (Fsp3) is 0.0571. The van der Waals surface area contributed by atoms with Gasteiger partial charge in [0, 0.05) is 11.1 Å². The van der Waals surface area contributed by atoms with Crippen molar-refractivity contribution < 1.29 is 9.53 Å². The minimum atomic E-state index is -0.519. The predicted octanol–water partition coefficient (Wildman–Crippen LogP) is 8.20. The Morgan fingerprint density at radius 2 is 1.16 bits per heavy atom. The minimum absolute atomic E-state index is 0.363. The van der Waals surface area contributed by atoms with Gasteiger partial charge in [0.15, 0.2) is 0 Å². The number of hydrogen-bond donors (Lipinski definition) is 0. The molecule has 0 bridgehead atoms. The maximum Gasteiger partial charge on any atom is 0.338 e. The van der Waals surface area contributed by atoms with Crippen LogP contribution in [-0.4, -0.2) is 5.97 Å². The number of ether oxygens (including phenoxy) is 1. The van der Waals surface area contributed by atoms with E-state index in [0.717, 1.165) is 16.7 Å². The second-order valence-corrected chi connectivity index (χ2v) is 9.45. The van der Waals surface area contributed by atoms with Crippen molar-refractivity contribution in [1.29, 1.82) is 0 Å². The number of hydrogen-bond acceptors (Lipinski definition) is 2. The fourth-order valence-electron chi connectivity index (χ4n) is 5.59. The van der Waals surface area contributed by atoms with Crippen molar-refractivity contribution in [3.8, 4) is 28.0 Å². The molecule has 0 atom stereocenters. The molecule has 37 heavy (non-hydrogen) atoms. The number of fused-ring (bicyclic) bond motifs is 3. The van der Waals surface area contributed by atoms with Gasteiger partial charge in [-0.1, -0.05) is 122 Å². The summed E-state index contributed by atoms with van der Waals surface area (Å²) in [5, 5.41) is 0. The molecule has 178 valence electrons. The van der Waals surface area contributed by atoms with Crippen LogP contribution in [0.4, 0.5) is 0 Å². The molecule has 0 amide bonds. The summed E-state index contributed by atoms with van der Waals surface area (Å²) < 4.78 is 5.82. The van der Waals surface area contributed by atoms with E-state index in [0.29, 0.717) is 11.3 Å². The van der Waals surface area contributed by atoms with Crippen LogP contribution < -0.4 is 4.74 Å². The molecule has 2 nitrogen and oxygen atoms in total. The van der Waals surface area contributed by atoms with Crippen molar-refractivity contribution >= 4 is 5.97 Å². The van der Waals surface area contributed by atoms with Crippen LogP contribution in [0.15, 0.2) is 140 Å². The van der Waals surface area contributed by atoms with Gasteiger partial charge in [-0.3, -0.25) is 0 Å². The van der Waals surface area contributed by atoms with Crippen molar-refractivity contribution in [3.05, 3.63) is 162 Å². The molecule has 0 radical (unpaired) electrons. The normalized spacial score (nSPS) is 12.9. The van der Waals surface area contributed by atoms with E-state index >= 15 is 0 Å². The topological polar surface area (TPSA) is 26.3 Å². The van der Waals surface area contributed by atoms with Crippen LogP contribution in [0.2, 0.25) is 0 Å². The first kappa shape index (κ1) is 22.8. The zero-order valence-corrected chi connectivity index (χ0v) is 20.6. The maximum absolute atomic E-state index is 12.5. The SMILES string of the molecule is C=C(C)C(=O)Oc1ccc(C2(c3ccccc3)c3ccccc3-c3ccccc32)cc1-c1ccccc1. The highest BCUT2D eigenvalue weighted by Gasteiger charge is 2.46. The number of rotatable bonds is 5. The van der Waals surface area contributed by atoms with Crippen LogP contribution in [0.5, 0.6) is 5.75 Å². The van der Waals surface area contributed by atoms with Gasteiger partial charge in [-0.2, -0.15) is 0 Å². The van der Waals surface area contributed by atoms with E-state index in [1.165, 1.54) is 27.8 Å². The number of carbonyl (C=O) groups is 1. The van der Waals surface area contributed by atoms with Crippen molar-refractivity contribution in [1.82, 2.24) is 0 Å². The van der Waals surface area contributed by atoms with E-state index in [9.17, 15) is 4.79 Å². The molecule has 5 aromatic carbocycles. The zero-order valence-electron chi connectivity index (χ0n) is 20.6. The van der Waals surface area contributed by atoms with Gasteiger partial charge in [0.2, 0.25) is 0 Å². The Balaban J connectivity index is 1.68. The third-order valence-corrected chi connectivity index (χ3v) is 7.21. The molecule has 0 aromatic heterocycles. The summed E-state index contributed by atoms with van der Waals surface area (Å²) in [5.41, 5.74) is 8.96. The Morgan fingerprint density at radius 3 is 1.76 bits per heavy atom. The lowest BCUT2D eigenvalue weighted by molar-refractivity contribution is -0.130. The number of benzene rings is 5. The van der Waals surface area contributed by atoms with E-state index in [4.69, 9.17) is 4.74 Å². The summed E-state index contributed by atoms with van der Waals surface area (Å²) in [4.78, 5) is 12.5. The predicted molar refractivity (Wildman–Crippen MR) is 150 cm³/mol. The van der Waals surface area contributed by atoms with Crippen LogP contribution in [0.25, 0.3) is 22.3 Å². The lowest BCUT2D eigenvalue weighted by atomic mass is 9.67. The lowest BCUT2D eigenvalue weighted by Crippen LogP contribution is -2.28. The van der Waals surface area contributed by atoms with Gasteiger partial charge in [0.25, 0.3) is 0 Å². The van der Waals surface area contributed by atoms with Gasteiger partial charge in [-0.25, -0.2) is 4.79 Å². The Bertz CT molecular complexity index is 1590. The summed E-state index contributed by atoms with van der Waals surface area (Å²) in [6.45, 7) is 5.42. The average Bonchev–Trinajstić information content (AvgIpc) is 3.25. The first-order valence-corrected chi connectivity index (χ1v) is 12.4. The molecule has 0 saturated heterocycles. The summed E-state index contributed by atoms with van der Waals surface area (Å²) >= 11 is 0. The van der Waals surface area contributed by atoms with Crippen LogP contribution in [0.1, 0.15) is 29.2 Å². The molecule has 0 unspecified atom stereocenters. The molecular weight excluding hydrogens is 452 g/mol. The standard InChI is InChI=1S/C35H26O2/c1-24(2)34(36)37-33-22-21-27(23-30(33)25-13-5-3-6-14-25)35(26-15-7-4-8-16-26)31-19-11-9-17-28(31)29-18-10-12-20-32(29)35/h3-23H,1H2,2H3. The van der Waals surface area contributed by atoms with E-state index in [-0.39, 0.29) is 0 Å². The molecule has 1 aliphatic carbocycles. The average molecular weight is 479 g/mol. The van der Waals surface area contributed by atoms with Crippen molar-refractivity contribution in [2.24, 2.45) is 0 Å². The van der Waals surface area contributed by atoms with Gasteiger partial charge in [-0.15, -0.1) is 0 Å². The van der Waals surface area contributed by atoms with Gasteiger partial charge in [-0.05, 0) is 58.0 Å². The molecule has 0 N–H and O–H groups in total. The monoisotopic (exact) mass is 478 g/mol. The highest BCUT2D eigenvalue weighted by molar-refractivity contribution is 5.91. The van der Waals surface area contributed by atoms with Gasteiger partial charge >= 0.3 is 5.97 Å². The van der Waals surface area contributed by atoms with Crippen LogP contribution in [0, 0.1) is 0 Å². The third kappa shape index (κ3) is 3.61. The summed E-state index contributed by atoms with van der Waals surface area (Å²) in [7, 11) is 0. The second-order valence-electron chi connectivity index (χ2n) is 9.45. The van der Waals surface area contributed by atoms with Crippen molar-refractivity contribution in [2.45, 2.75) is 12.3 Å². The Hall–Kier alpha value is -4.69. The molecule has 2 heteroatoms. The summed E-state index contributed by atoms with van der Waals surface area (Å²) in [5.74, 6) is 0.0880. The molecule has 5 aromatic rings. The van der Waals surface area contributed by atoms with Crippen LogP contribution >= 0.6 is 0 Å². The summed E-state index contributed by atoms with van der Waals surface area (Å²) in [6.07, 6.45) is 0. The molecule has 0 heterocycles. The van der Waals surface area contributed by atoms with E-state index in [2.05, 4.69) is 97.6 Å². The largest absolute Gasteiger partial charge is 0.423 e. The molecule has 0 aliphatic heterocycles. The smallest absolute Gasteiger partial charge is 0.338 e. The zero-order chi connectivity index (χ0) is 25.4. The van der Waals surface area contributed by atoms with E-state index in [1.54, 1.807) is 6.92 Å². The first-order valence-electron chi connectivity index (χ1n) is 12.4. The van der Waals surface area contributed by atoms with Gasteiger partial charge in [0.05, 0.1) is 5.41 Å². The van der Waals surface area contributed by atoms with Crippen molar-refractivity contribution in [2.75, 3.05) is 0 Å². The molecule has 0 saturated carbocycles. The fourth-order valence-corrected chi connectivity index (χ4v) is 5.59. The Kier molecular flexibility index (Phi) is 5.58. The highest BCUT2D eigenvalue weighted by atomic mass is 16.5. The minimum Gasteiger partial charge on any atom is -0.423 e. The van der Waals surface area contributed by atoms with Crippen LogP contribution in [0.3, 0.4) is 0 Å². The molecule has 0 spiro atoms. The van der Waals surface area contributed by atoms with Gasteiger partial charge in [0.1, 0.15) is 5.75 Å². The van der Waals surface area contributed by atoms with Crippen molar-refractivity contribution in [3.63, 3.8) is 0 Å². The maximum atomic E-state index is 12.5.